The molecule has 0 amide bonds. The Balaban J connectivity index is 2.70. The molecule has 4 nitrogen and oxygen atoms in total. The Labute approximate surface area is 86.2 Å². The lowest BCUT2D eigenvalue weighted by atomic mass is 10.1. The van der Waals surface area contributed by atoms with Crippen LogP contribution in [0.15, 0.2) is 12.0 Å². The first-order valence-electron chi connectivity index (χ1n) is 4.76. The van der Waals surface area contributed by atoms with Crippen molar-refractivity contribution in [3.05, 3.63) is 12.0 Å². The highest BCUT2D eigenvalue weighted by molar-refractivity contribution is 7.92. The summed E-state index contributed by atoms with van der Waals surface area (Å²) < 4.78 is 24.5. The molecule has 5 heteroatoms. The highest BCUT2D eigenvalue weighted by atomic mass is 32.2. The van der Waals surface area contributed by atoms with Crippen molar-refractivity contribution < 1.29 is 8.42 Å². The largest absolute Gasteiger partial charge is 0.305 e. The van der Waals surface area contributed by atoms with Gasteiger partial charge in [0.1, 0.15) is 0 Å². The molecule has 1 heterocycles. The van der Waals surface area contributed by atoms with Crippen molar-refractivity contribution in [1.29, 1.82) is 0 Å². The summed E-state index contributed by atoms with van der Waals surface area (Å²) in [5.41, 5.74) is 0. The molecule has 1 rings (SSSR count). The van der Waals surface area contributed by atoms with Gasteiger partial charge in [0.05, 0.1) is 0 Å². The van der Waals surface area contributed by atoms with Gasteiger partial charge in [-0.1, -0.05) is 6.58 Å². The summed E-state index contributed by atoms with van der Waals surface area (Å²) in [6.45, 7) is 4.54. The zero-order chi connectivity index (χ0) is 10.8. The summed E-state index contributed by atoms with van der Waals surface area (Å²) in [7, 11) is 0.745. The Kier molecular flexibility index (Phi) is 3.69. The second kappa shape index (κ2) is 4.42. The summed E-state index contributed by atoms with van der Waals surface area (Å²) in [4.78, 5) is 2.07. The van der Waals surface area contributed by atoms with Crippen molar-refractivity contribution >= 4 is 10.0 Å². The van der Waals surface area contributed by atoms with Gasteiger partial charge in [0.15, 0.2) is 0 Å². The van der Waals surface area contributed by atoms with Gasteiger partial charge in [-0.25, -0.2) is 8.42 Å². The van der Waals surface area contributed by atoms with Gasteiger partial charge in [-0.05, 0) is 26.9 Å². The zero-order valence-electron chi connectivity index (χ0n) is 8.81. The van der Waals surface area contributed by atoms with Gasteiger partial charge >= 0.3 is 0 Å². The van der Waals surface area contributed by atoms with E-state index in [1.54, 1.807) is 0 Å². The predicted molar refractivity (Wildman–Crippen MR) is 57.4 cm³/mol. The van der Waals surface area contributed by atoms with Crippen LogP contribution in [0.5, 0.6) is 0 Å². The molecule has 1 aliphatic rings. The summed E-state index contributed by atoms with van der Waals surface area (Å²) in [5.74, 6) is 0. The first-order chi connectivity index (χ1) is 6.47. The molecular weight excluding hydrogens is 200 g/mol. The van der Waals surface area contributed by atoms with Gasteiger partial charge in [-0.2, -0.15) is 4.31 Å². The molecule has 1 aliphatic heterocycles. The third-order valence-electron chi connectivity index (χ3n) is 2.66. The van der Waals surface area contributed by atoms with Crippen molar-refractivity contribution in [2.75, 3.05) is 27.2 Å². The van der Waals surface area contributed by atoms with Gasteiger partial charge < -0.3 is 4.90 Å². The summed E-state index contributed by atoms with van der Waals surface area (Å²) in [6.07, 6.45) is 1.99. The van der Waals surface area contributed by atoms with E-state index in [1.807, 2.05) is 14.1 Å². The fourth-order valence-electron chi connectivity index (χ4n) is 1.68. The van der Waals surface area contributed by atoms with Crippen molar-refractivity contribution in [2.45, 2.75) is 18.9 Å². The Bertz CT molecular complexity index is 298. The maximum Gasteiger partial charge on any atom is 0.235 e. The number of piperidine rings is 1. The van der Waals surface area contributed by atoms with E-state index in [9.17, 15) is 8.42 Å². The number of hydrogen-bond acceptors (Lipinski definition) is 3. The monoisotopic (exact) mass is 218 g/mol. The summed E-state index contributed by atoms with van der Waals surface area (Å²) >= 11 is 0. The van der Waals surface area contributed by atoms with Crippen LogP contribution >= 0.6 is 0 Å². The molecule has 0 spiro atoms. The smallest absolute Gasteiger partial charge is 0.235 e. The molecule has 1 fully saturated rings. The van der Waals surface area contributed by atoms with Gasteiger partial charge in [-0.3, -0.25) is 0 Å². The van der Waals surface area contributed by atoms with Crippen LogP contribution in [0.4, 0.5) is 0 Å². The third kappa shape index (κ3) is 2.56. The SMILES string of the molecule is C=CS(=O)(=O)N1CCCC(N(C)C)C1. The van der Waals surface area contributed by atoms with E-state index < -0.39 is 10.0 Å². The highest BCUT2D eigenvalue weighted by Crippen LogP contribution is 2.17. The van der Waals surface area contributed by atoms with Crippen LogP contribution < -0.4 is 0 Å². The minimum Gasteiger partial charge on any atom is -0.305 e. The first-order valence-corrected chi connectivity index (χ1v) is 6.26. The van der Waals surface area contributed by atoms with Crippen LogP contribution in [-0.4, -0.2) is 50.8 Å². The Morgan fingerprint density at radius 3 is 2.64 bits per heavy atom. The molecule has 0 radical (unpaired) electrons. The molecule has 0 bridgehead atoms. The number of likely N-dealkylation sites (N-methyl/N-ethyl adjacent to an activating group) is 1. The molecule has 82 valence electrons. The lowest BCUT2D eigenvalue weighted by Gasteiger charge is -2.34. The van der Waals surface area contributed by atoms with E-state index in [2.05, 4.69) is 11.5 Å². The third-order valence-corrected chi connectivity index (χ3v) is 4.13. The van der Waals surface area contributed by atoms with Crippen LogP contribution in [0.2, 0.25) is 0 Å². The average Bonchev–Trinajstić information content (AvgIpc) is 2.18. The van der Waals surface area contributed by atoms with Gasteiger partial charge in [0.2, 0.25) is 10.0 Å². The topological polar surface area (TPSA) is 40.6 Å². The van der Waals surface area contributed by atoms with Gasteiger partial charge in [0, 0.05) is 24.5 Å². The van der Waals surface area contributed by atoms with Crippen LogP contribution in [0.1, 0.15) is 12.8 Å². The zero-order valence-corrected chi connectivity index (χ0v) is 9.63. The van der Waals surface area contributed by atoms with E-state index in [0.29, 0.717) is 19.1 Å². The van der Waals surface area contributed by atoms with Gasteiger partial charge in [0.25, 0.3) is 0 Å². The van der Waals surface area contributed by atoms with Crippen LogP contribution in [0.25, 0.3) is 0 Å². The Morgan fingerprint density at radius 2 is 2.14 bits per heavy atom. The average molecular weight is 218 g/mol. The number of nitrogens with zero attached hydrogens (tertiary/aromatic N) is 2. The number of sulfonamides is 1. The van der Waals surface area contributed by atoms with Crippen LogP contribution in [0.3, 0.4) is 0 Å². The molecular formula is C9H18N2O2S. The number of hydrogen-bond donors (Lipinski definition) is 0. The minimum absolute atomic E-state index is 0.332. The Morgan fingerprint density at radius 1 is 1.50 bits per heavy atom. The van der Waals surface area contributed by atoms with E-state index in [0.717, 1.165) is 18.2 Å². The predicted octanol–water partition coefficient (Wildman–Crippen LogP) is 0.486. The van der Waals surface area contributed by atoms with Crippen molar-refractivity contribution in [2.24, 2.45) is 0 Å². The van der Waals surface area contributed by atoms with Crippen LogP contribution in [-0.2, 0) is 10.0 Å². The highest BCUT2D eigenvalue weighted by Gasteiger charge is 2.27. The second-order valence-electron chi connectivity index (χ2n) is 3.83. The summed E-state index contributed by atoms with van der Waals surface area (Å²) in [5, 5.41) is 1.03. The standard InChI is InChI=1S/C9H18N2O2S/c1-4-14(12,13)11-7-5-6-9(8-11)10(2)3/h4,9H,1,5-8H2,2-3H3. The molecule has 0 N–H and O–H groups in total. The molecule has 0 saturated carbocycles. The Hall–Kier alpha value is -0.390. The normalized spacial score (nSPS) is 25.2. The fourth-order valence-corrected chi connectivity index (χ4v) is 2.65. The first kappa shape index (κ1) is 11.7. The fraction of sp³-hybridized carbons (Fsp3) is 0.778. The van der Waals surface area contributed by atoms with Crippen molar-refractivity contribution in [3.63, 3.8) is 0 Å². The molecule has 1 atom stereocenters. The number of rotatable bonds is 3. The molecule has 1 unspecified atom stereocenters. The van der Waals surface area contributed by atoms with E-state index in [-0.39, 0.29) is 0 Å². The van der Waals surface area contributed by atoms with Crippen molar-refractivity contribution in [3.8, 4) is 0 Å². The van der Waals surface area contributed by atoms with E-state index in [4.69, 9.17) is 0 Å². The molecule has 0 aliphatic carbocycles. The quantitative estimate of drug-likeness (QED) is 0.692. The molecule has 0 aromatic rings. The van der Waals surface area contributed by atoms with Crippen molar-refractivity contribution in [1.82, 2.24) is 9.21 Å². The maximum absolute atomic E-state index is 11.5. The van der Waals surface area contributed by atoms with Gasteiger partial charge in [-0.15, -0.1) is 0 Å². The second-order valence-corrected chi connectivity index (χ2v) is 5.71. The molecule has 0 aromatic carbocycles. The molecule has 14 heavy (non-hydrogen) atoms. The minimum atomic E-state index is -3.22. The van der Waals surface area contributed by atoms with E-state index >= 15 is 0 Å². The molecule has 1 saturated heterocycles. The lowest BCUT2D eigenvalue weighted by molar-refractivity contribution is 0.191. The summed E-state index contributed by atoms with van der Waals surface area (Å²) in [6, 6.07) is 0.332. The maximum atomic E-state index is 11.5. The van der Waals surface area contributed by atoms with E-state index in [1.165, 1.54) is 4.31 Å². The van der Waals surface area contributed by atoms with Crippen LogP contribution in [0, 0.1) is 0 Å². The molecule has 0 aromatic heterocycles. The lowest BCUT2D eigenvalue weighted by Crippen LogP contribution is -2.46.